The van der Waals surface area contributed by atoms with Gasteiger partial charge in [-0.25, -0.2) is 0 Å². The molecule has 2 nitrogen and oxygen atoms in total. The summed E-state index contributed by atoms with van der Waals surface area (Å²) in [6, 6.07) is 1.78. The monoisotopic (exact) mass is 205 g/mol. The minimum absolute atomic E-state index is 0.106. The first-order chi connectivity index (χ1) is 5.65. The van der Waals surface area contributed by atoms with Gasteiger partial charge >= 0.3 is 0 Å². The smallest absolute Gasteiger partial charge is 0.0563 e. The lowest BCUT2D eigenvalue weighted by atomic mass is 10.2. The van der Waals surface area contributed by atoms with Crippen LogP contribution in [0.3, 0.4) is 0 Å². The minimum Gasteiger partial charge on any atom is -0.396 e. The Morgan fingerprint density at radius 3 is 2.83 bits per heavy atom. The molecule has 68 valence electrons. The maximum absolute atomic E-state index is 8.68. The quantitative estimate of drug-likeness (QED) is 0.794. The predicted octanol–water partition coefficient (Wildman–Crippen LogP) is 2.09. The molecule has 0 saturated heterocycles. The van der Waals surface area contributed by atoms with Crippen LogP contribution in [0.2, 0.25) is 5.02 Å². The lowest BCUT2D eigenvalue weighted by Crippen LogP contribution is -2.10. The molecule has 1 rings (SSSR count). The van der Waals surface area contributed by atoms with E-state index in [0.29, 0.717) is 6.42 Å². The van der Waals surface area contributed by atoms with Gasteiger partial charge in [-0.2, -0.15) is 0 Å². The van der Waals surface area contributed by atoms with Crippen molar-refractivity contribution in [1.82, 2.24) is 0 Å². The zero-order chi connectivity index (χ0) is 9.14. The Morgan fingerprint density at radius 2 is 2.42 bits per heavy atom. The van der Waals surface area contributed by atoms with E-state index in [9.17, 15) is 0 Å². The third kappa shape index (κ3) is 2.20. The predicted molar refractivity (Wildman–Crippen MR) is 52.7 cm³/mol. The number of aliphatic hydroxyl groups excluding tert-OH is 1. The van der Waals surface area contributed by atoms with E-state index in [1.54, 1.807) is 11.3 Å². The molecular weight excluding hydrogens is 194 g/mol. The van der Waals surface area contributed by atoms with Crippen molar-refractivity contribution in [2.75, 3.05) is 6.61 Å². The summed E-state index contributed by atoms with van der Waals surface area (Å²) < 4.78 is 0. The SMILES string of the molecule is Cc1cc(Cl)c(C(N)CCO)s1. The van der Waals surface area contributed by atoms with Crippen molar-refractivity contribution in [2.45, 2.75) is 19.4 Å². The standard InChI is InChI=1S/C8H12ClNOS/c1-5-4-6(9)8(12-5)7(10)2-3-11/h4,7,11H,2-3,10H2,1H3. The van der Waals surface area contributed by atoms with Crippen LogP contribution in [0.5, 0.6) is 0 Å². The fraction of sp³-hybridized carbons (Fsp3) is 0.500. The largest absolute Gasteiger partial charge is 0.396 e. The summed E-state index contributed by atoms with van der Waals surface area (Å²) in [6.07, 6.45) is 0.569. The van der Waals surface area contributed by atoms with Crippen molar-refractivity contribution in [1.29, 1.82) is 0 Å². The molecule has 0 spiro atoms. The molecular formula is C8H12ClNOS. The van der Waals surface area contributed by atoms with Crippen LogP contribution < -0.4 is 5.73 Å². The topological polar surface area (TPSA) is 46.2 Å². The summed E-state index contributed by atoms with van der Waals surface area (Å²) >= 11 is 7.52. The van der Waals surface area contributed by atoms with E-state index in [1.165, 1.54) is 0 Å². The second kappa shape index (κ2) is 4.23. The van der Waals surface area contributed by atoms with E-state index < -0.39 is 0 Å². The van der Waals surface area contributed by atoms with Crippen LogP contribution >= 0.6 is 22.9 Å². The molecule has 1 unspecified atom stereocenters. The van der Waals surface area contributed by atoms with Crippen LogP contribution in [0.15, 0.2) is 6.07 Å². The van der Waals surface area contributed by atoms with Crippen LogP contribution in [0.1, 0.15) is 22.2 Å². The van der Waals surface area contributed by atoms with E-state index in [1.807, 2.05) is 13.0 Å². The van der Waals surface area contributed by atoms with Crippen molar-refractivity contribution in [3.63, 3.8) is 0 Å². The van der Waals surface area contributed by atoms with E-state index in [0.717, 1.165) is 14.8 Å². The van der Waals surface area contributed by atoms with Crippen LogP contribution in [-0.2, 0) is 0 Å². The molecule has 0 saturated carbocycles. The van der Waals surface area contributed by atoms with E-state index >= 15 is 0 Å². The molecule has 0 amide bonds. The van der Waals surface area contributed by atoms with E-state index in [4.69, 9.17) is 22.4 Å². The highest BCUT2D eigenvalue weighted by atomic mass is 35.5. The Hall–Kier alpha value is -0.0900. The molecule has 0 bridgehead atoms. The molecule has 1 atom stereocenters. The second-order valence-corrected chi connectivity index (χ2v) is 4.38. The van der Waals surface area contributed by atoms with Gasteiger partial charge in [0.2, 0.25) is 0 Å². The summed E-state index contributed by atoms with van der Waals surface area (Å²) in [7, 11) is 0. The fourth-order valence-corrected chi connectivity index (χ4v) is 2.46. The van der Waals surface area contributed by atoms with Crippen LogP contribution in [-0.4, -0.2) is 11.7 Å². The Kier molecular flexibility index (Phi) is 3.53. The molecule has 0 aliphatic rings. The van der Waals surface area contributed by atoms with Gasteiger partial charge in [-0.3, -0.25) is 0 Å². The van der Waals surface area contributed by atoms with Crippen molar-refractivity contribution in [3.05, 3.63) is 20.8 Å². The van der Waals surface area contributed by atoms with Gasteiger partial charge in [0.25, 0.3) is 0 Å². The minimum atomic E-state index is -0.124. The molecule has 4 heteroatoms. The lowest BCUT2D eigenvalue weighted by molar-refractivity contribution is 0.277. The van der Waals surface area contributed by atoms with Crippen molar-refractivity contribution in [2.24, 2.45) is 5.73 Å². The molecule has 0 fully saturated rings. The summed E-state index contributed by atoms with van der Waals surface area (Å²) in [6.45, 7) is 2.10. The van der Waals surface area contributed by atoms with E-state index in [-0.39, 0.29) is 12.6 Å². The van der Waals surface area contributed by atoms with Gasteiger partial charge in [-0.15, -0.1) is 11.3 Å². The highest BCUT2D eigenvalue weighted by molar-refractivity contribution is 7.12. The first-order valence-corrected chi connectivity index (χ1v) is 4.97. The molecule has 0 aromatic carbocycles. The third-order valence-corrected chi connectivity index (χ3v) is 3.22. The van der Waals surface area contributed by atoms with Crippen molar-refractivity contribution in [3.8, 4) is 0 Å². The maximum Gasteiger partial charge on any atom is 0.0563 e. The van der Waals surface area contributed by atoms with Gasteiger partial charge in [-0.1, -0.05) is 11.6 Å². The number of hydrogen-bond acceptors (Lipinski definition) is 3. The average molecular weight is 206 g/mol. The molecule has 1 heterocycles. The first kappa shape index (κ1) is 9.99. The Balaban J connectivity index is 2.79. The number of thiophene rings is 1. The zero-order valence-electron chi connectivity index (χ0n) is 6.88. The van der Waals surface area contributed by atoms with Crippen LogP contribution in [0, 0.1) is 6.92 Å². The molecule has 1 aromatic heterocycles. The van der Waals surface area contributed by atoms with Gasteiger partial charge < -0.3 is 10.8 Å². The molecule has 1 aromatic rings. The summed E-state index contributed by atoms with van der Waals surface area (Å²) in [5.41, 5.74) is 5.79. The number of hydrogen-bond donors (Lipinski definition) is 2. The number of aliphatic hydroxyl groups is 1. The average Bonchev–Trinajstić information content (AvgIpc) is 2.30. The second-order valence-electron chi connectivity index (χ2n) is 2.69. The molecule has 12 heavy (non-hydrogen) atoms. The maximum atomic E-state index is 8.68. The van der Waals surface area contributed by atoms with Gasteiger partial charge in [0, 0.05) is 22.4 Å². The molecule has 3 N–H and O–H groups in total. The number of rotatable bonds is 3. The van der Waals surface area contributed by atoms with Gasteiger partial charge in [0.05, 0.1) is 5.02 Å². The first-order valence-electron chi connectivity index (χ1n) is 3.77. The Bertz CT molecular complexity index is 262. The van der Waals surface area contributed by atoms with Gasteiger partial charge in [0.15, 0.2) is 0 Å². The molecule has 0 radical (unpaired) electrons. The van der Waals surface area contributed by atoms with Crippen LogP contribution in [0.25, 0.3) is 0 Å². The highest BCUT2D eigenvalue weighted by Crippen LogP contribution is 2.31. The summed E-state index contributed by atoms with van der Waals surface area (Å²) in [4.78, 5) is 2.13. The Labute approximate surface area is 81.0 Å². The Morgan fingerprint density at radius 1 is 1.75 bits per heavy atom. The van der Waals surface area contributed by atoms with E-state index in [2.05, 4.69) is 0 Å². The number of aryl methyl sites for hydroxylation is 1. The van der Waals surface area contributed by atoms with Crippen molar-refractivity contribution >= 4 is 22.9 Å². The third-order valence-electron chi connectivity index (χ3n) is 1.61. The zero-order valence-corrected chi connectivity index (χ0v) is 8.45. The van der Waals surface area contributed by atoms with Gasteiger partial charge in [-0.05, 0) is 19.4 Å². The normalized spacial score (nSPS) is 13.3. The highest BCUT2D eigenvalue weighted by Gasteiger charge is 2.12. The number of nitrogens with two attached hydrogens (primary N) is 1. The molecule has 0 aliphatic heterocycles. The van der Waals surface area contributed by atoms with Crippen molar-refractivity contribution < 1.29 is 5.11 Å². The lowest BCUT2D eigenvalue weighted by Gasteiger charge is -2.07. The fourth-order valence-electron chi connectivity index (χ4n) is 1.02. The van der Waals surface area contributed by atoms with Crippen LogP contribution in [0.4, 0.5) is 0 Å². The summed E-state index contributed by atoms with van der Waals surface area (Å²) in [5.74, 6) is 0. The summed E-state index contributed by atoms with van der Waals surface area (Å²) in [5, 5.41) is 9.40. The van der Waals surface area contributed by atoms with Gasteiger partial charge in [0.1, 0.15) is 0 Å². The number of halogens is 1. The molecule has 0 aliphatic carbocycles.